The molecule has 0 unspecified atom stereocenters. The molecule has 3 heterocycles. The fourth-order valence-corrected chi connectivity index (χ4v) is 7.87. The lowest BCUT2D eigenvalue weighted by Crippen LogP contribution is -2.49. The van der Waals surface area contributed by atoms with Crippen molar-refractivity contribution in [1.29, 1.82) is 0 Å². The van der Waals surface area contributed by atoms with Crippen LogP contribution in [0.3, 0.4) is 0 Å². The van der Waals surface area contributed by atoms with E-state index in [1.165, 1.54) is 11.4 Å². The van der Waals surface area contributed by atoms with Gasteiger partial charge in [-0.1, -0.05) is 24.3 Å². The van der Waals surface area contributed by atoms with E-state index in [4.69, 9.17) is 19.3 Å². The fraction of sp³-hybridized carbons (Fsp3) is 0.378. The van der Waals surface area contributed by atoms with E-state index in [1.54, 1.807) is 59.2 Å². The van der Waals surface area contributed by atoms with Gasteiger partial charge in [-0.15, -0.1) is 0 Å². The first-order valence-electron chi connectivity index (χ1n) is 20.3. The van der Waals surface area contributed by atoms with Gasteiger partial charge in [-0.05, 0) is 110 Å². The van der Waals surface area contributed by atoms with E-state index < -0.39 is 18.1 Å². The second kappa shape index (κ2) is 19.1. The van der Waals surface area contributed by atoms with E-state index in [-0.39, 0.29) is 18.4 Å². The largest absolute Gasteiger partial charge is 0.481 e. The van der Waals surface area contributed by atoms with Crippen molar-refractivity contribution >= 4 is 46.8 Å². The summed E-state index contributed by atoms with van der Waals surface area (Å²) in [6, 6.07) is 25.8. The molecule has 0 radical (unpaired) electrons. The predicted molar refractivity (Wildman–Crippen MR) is 227 cm³/mol. The van der Waals surface area contributed by atoms with Gasteiger partial charge in [0, 0.05) is 80.2 Å². The molecule has 310 valence electrons. The van der Waals surface area contributed by atoms with Crippen molar-refractivity contribution in [1.82, 2.24) is 9.80 Å². The van der Waals surface area contributed by atoms with Gasteiger partial charge in [0.1, 0.15) is 5.75 Å². The number of carbonyl (C=O) groups excluding carboxylic acids is 3. The lowest BCUT2D eigenvalue weighted by molar-refractivity contribution is -0.136. The van der Waals surface area contributed by atoms with Gasteiger partial charge in [0.05, 0.1) is 32.8 Å². The van der Waals surface area contributed by atoms with Gasteiger partial charge >= 0.3 is 18.1 Å². The van der Waals surface area contributed by atoms with Crippen LogP contribution in [0.5, 0.6) is 5.75 Å². The summed E-state index contributed by atoms with van der Waals surface area (Å²) in [5, 5.41) is 14.8. The first kappa shape index (κ1) is 41.1. The summed E-state index contributed by atoms with van der Waals surface area (Å²) < 4.78 is 16.9. The Labute approximate surface area is 344 Å². The summed E-state index contributed by atoms with van der Waals surface area (Å²) in [4.78, 5) is 58.8. The summed E-state index contributed by atoms with van der Waals surface area (Å²) in [5.74, 6) is -0.653. The molecule has 0 aromatic heterocycles. The van der Waals surface area contributed by atoms with Crippen molar-refractivity contribution in [3.63, 3.8) is 0 Å². The van der Waals surface area contributed by atoms with E-state index in [9.17, 15) is 19.2 Å². The highest BCUT2D eigenvalue weighted by atomic mass is 16.6. The minimum atomic E-state index is -0.926. The Morgan fingerprint density at radius 3 is 1.81 bits per heavy atom. The molecule has 0 aliphatic carbocycles. The Morgan fingerprint density at radius 1 is 0.729 bits per heavy atom. The number of carbonyl (C=O) groups is 4. The number of aliphatic carboxylic acids is 1. The normalized spacial score (nSPS) is 16.0. The van der Waals surface area contributed by atoms with Crippen LogP contribution in [0.2, 0.25) is 0 Å². The molecule has 59 heavy (non-hydrogen) atoms. The molecule has 3 saturated heterocycles. The van der Waals surface area contributed by atoms with Crippen LogP contribution in [-0.4, -0.2) is 117 Å². The number of ether oxygens (including phenoxy) is 3. The SMILES string of the molecule is CCN(C(=O)Oc1ccc(CC(=O)O)cc1C)C1CCN(C(=O)c2ccc(NC(=O)Nc3ccc(-c4cc(N5CCOCC5)cc(N5CCOCC5)c4)cc3)cc2)CC1. The quantitative estimate of drug-likeness (QED) is 0.149. The van der Waals surface area contributed by atoms with Crippen molar-refractivity contribution < 1.29 is 38.5 Å². The molecule has 14 nitrogen and oxygen atoms in total. The van der Waals surface area contributed by atoms with Gasteiger partial charge in [-0.25, -0.2) is 9.59 Å². The topological polar surface area (TPSA) is 153 Å². The smallest absolute Gasteiger partial charge is 0.415 e. The molecule has 14 heteroatoms. The average Bonchev–Trinajstić information content (AvgIpc) is 3.25. The zero-order chi connectivity index (χ0) is 41.3. The van der Waals surface area contributed by atoms with Crippen LogP contribution in [0, 0.1) is 6.92 Å². The van der Waals surface area contributed by atoms with Gasteiger partial charge < -0.3 is 49.6 Å². The van der Waals surface area contributed by atoms with Crippen LogP contribution in [-0.2, 0) is 20.7 Å². The van der Waals surface area contributed by atoms with Crippen molar-refractivity contribution in [2.75, 3.05) is 92.7 Å². The first-order chi connectivity index (χ1) is 28.6. The maximum Gasteiger partial charge on any atom is 0.415 e. The monoisotopic (exact) mass is 804 g/mol. The molecule has 7 rings (SSSR count). The second-order valence-electron chi connectivity index (χ2n) is 15.0. The number of anilines is 4. The Balaban J connectivity index is 0.902. The number of amides is 4. The number of piperidine rings is 1. The predicted octanol–water partition coefficient (Wildman–Crippen LogP) is 6.73. The molecule has 4 aromatic rings. The van der Waals surface area contributed by atoms with Gasteiger partial charge in [-0.2, -0.15) is 0 Å². The Morgan fingerprint density at radius 2 is 1.29 bits per heavy atom. The molecule has 4 amide bonds. The fourth-order valence-electron chi connectivity index (χ4n) is 7.87. The van der Waals surface area contributed by atoms with Gasteiger partial charge in [0.2, 0.25) is 0 Å². The van der Waals surface area contributed by atoms with Crippen LogP contribution in [0.4, 0.5) is 32.3 Å². The standard InChI is InChI=1S/C45H52N6O8/c1-3-51(45(56)59-41-13-4-32(26-31(41)2)27-42(52)53)38-14-16-50(17-15-38)43(54)34-7-11-37(12-8-34)47-44(55)46-36-9-5-33(6-10-36)35-28-39(48-18-22-57-23-19-48)30-40(29-35)49-20-24-58-25-21-49/h4-13,26,28-30,38H,3,14-25,27H2,1-2H3,(H,52,53)(H2,46,47,55). The average molecular weight is 805 g/mol. The lowest BCUT2D eigenvalue weighted by Gasteiger charge is -2.37. The summed E-state index contributed by atoms with van der Waals surface area (Å²) in [7, 11) is 0. The van der Waals surface area contributed by atoms with Crippen LogP contribution in [0.1, 0.15) is 41.3 Å². The second-order valence-corrected chi connectivity index (χ2v) is 15.0. The molecule has 3 aliphatic heterocycles. The van der Waals surface area contributed by atoms with Gasteiger partial charge in [0.15, 0.2) is 0 Å². The molecular weight excluding hydrogens is 753 g/mol. The maximum absolute atomic E-state index is 13.4. The maximum atomic E-state index is 13.4. The van der Waals surface area contributed by atoms with Crippen molar-refractivity contribution in [3.8, 4) is 16.9 Å². The van der Waals surface area contributed by atoms with E-state index in [1.807, 2.05) is 31.2 Å². The van der Waals surface area contributed by atoms with E-state index in [0.29, 0.717) is 92.7 Å². The van der Waals surface area contributed by atoms with Gasteiger partial charge in [-0.3, -0.25) is 9.59 Å². The number of hydrogen-bond acceptors (Lipinski definition) is 9. The van der Waals surface area contributed by atoms with Crippen LogP contribution in [0.15, 0.2) is 84.9 Å². The molecule has 3 fully saturated rings. The molecule has 3 aliphatic rings. The zero-order valence-electron chi connectivity index (χ0n) is 33.7. The van der Waals surface area contributed by atoms with Crippen molar-refractivity contribution in [3.05, 3.63) is 102 Å². The highest BCUT2D eigenvalue weighted by molar-refractivity contribution is 6.00. The van der Waals surface area contributed by atoms with Gasteiger partial charge in [0.25, 0.3) is 5.91 Å². The molecule has 4 aromatic carbocycles. The molecule has 0 atom stereocenters. The van der Waals surface area contributed by atoms with Crippen molar-refractivity contribution in [2.24, 2.45) is 0 Å². The third-order valence-corrected chi connectivity index (χ3v) is 11.1. The summed E-state index contributed by atoms with van der Waals surface area (Å²) in [5.41, 5.74) is 7.50. The minimum absolute atomic E-state index is 0.0933. The Kier molecular flexibility index (Phi) is 13.3. The number of rotatable bonds is 11. The number of urea groups is 1. The Bertz CT molecular complexity index is 2070. The summed E-state index contributed by atoms with van der Waals surface area (Å²) in [6.45, 7) is 11.3. The third-order valence-electron chi connectivity index (χ3n) is 11.1. The van der Waals surface area contributed by atoms with Crippen LogP contribution in [0.25, 0.3) is 11.1 Å². The number of carboxylic acids is 1. The molecular formula is C45H52N6O8. The lowest BCUT2D eigenvalue weighted by atomic mass is 10.0. The number of aryl methyl sites for hydroxylation is 1. The minimum Gasteiger partial charge on any atom is -0.481 e. The molecule has 0 saturated carbocycles. The Hall–Kier alpha value is -6.12. The molecule has 3 N–H and O–H groups in total. The van der Waals surface area contributed by atoms with Crippen LogP contribution < -0.4 is 25.2 Å². The molecule has 0 spiro atoms. The van der Waals surface area contributed by atoms with E-state index in [2.05, 4.69) is 38.6 Å². The number of hydrogen-bond donors (Lipinski definition) is 3. The van der Waals surface area contributed by atoms with E-state index in [0.717, 1.165) is 37.3 Å². The van der Waals surface area contributed by atoms with Crippen LogP contribution >= 0.6 is 0 Å². The van der Waals surface area contributed by atoms with Crippen molar-refractivity contribution in [2.45, 2.75) is 39.2 Å². The number of benzene rings is 4. The molecule has 0 bridgehead atoms. The number of morpholine rings is 2. The number of carboxylic acid groups (broad SMARTS) is 1. The number of likely N-dealkylation sites (tertiary alicyclic amines) is 1. The summed E-state index contributed by atoms with van der Waals surface area (Å²) >= 11 is 0. The zero-order valence-corrected chi connectivity index (χ0v) is 33.7. The summed E-state index contributed by atoms with van der Waals surface area (Å²) in [6.07, 6.45) is 0.621. The number of nitrogens with one attached hydrogen (secondary N) is 2. The first-order valence-corrected chi connectivity index (χ1v) is 20.3. The third kappa shape index (κ3) is 10.5. The van der Waals surface area contributed by atoms with E-state index >= 15 is 0 Å². The highest BCUT2D eigenvalue weighted by Crippen LogP contribution is 2.33. The number of nitrogens with zero attached hydrogens (tertiary/aromatic N) is 4. The highest BCUT2D eigenvalue weighted by Gasteiger charge is 2.30.